The molecule has 150 valence electrons. The molecule has 5 nitrogen and oxygen atoms in total. The van der Waals surface area contributed by atoms with Crippen LogP contribution in [0.4, 0.5) is 11.4 Å². The number of para-hydroxylation sites is 1. The predicted octanol–water partition coefficient (Wildman–Crippen LogP) is 4.79. The molecule has 29 heavy (non-hydrogen) atoms. The minimum Gasteiger partial charge on any atom is -0.321 e. The summed E-state index contributed by atoms with van der Waals surface area (Å²) in [6, 6.07) is 20.8. The maximum Gasteiger partial charge on any atom is 0.264 e. The number of rotatable bonds is 6. The number of carbonyl (C=O) groups is 1. The summed E-state index contributed by atoms with van der Waals surface area (Å²) < 4.78 is 27.0. The molecule has 0 fully saturated rings. The van der Waals surface area contributed by atoms with Crippen molar-refractivity contribution in [2.24, 2.45) is 0 Å². The Balaban J connectivity index is 1.86. The highest BCUT2D eigenvalue weighted by atomic mass is 32.2. The van der Waals surface area contributed by atoms with Crippen molar-refractivity contribution in [3.05, 3.63) is 83.9 Å². The van der Waals surface area contributed by atoms with Gasteiger partial charge in [0.05, 0.1) is 16.3 Å². The third-order valence-electron chi connectivity index (χ3n) is 4.56. The molecule has 1 amide bonds. The summed E-state index contributed by atoms with van der Waals surface area (Å²) in [5.74, 6) is -0.241. The molecule has 0 radical (unpaired) electrons. The molecule has 0 unspecified atom stereocenters. The zero-order valence-corrected chi connectivity index (χ0v) is 18.0. The average Bonchev–Trinajstić information content (AvgIpc) is 2.74. The molecule has 0 spiro atoms. The number of benzene rings is 3. The van der Waals surface area contributed by atoms with Crippen LogP contribution in [0.1, 0.15) is 15.9 Å². The van der Waals surface area contributed by atoms with Crippen LogP contribution >= 0.6 is 11.8 Å². The van der Waals surface area contributed by atoms with E-state index in [0.29, 0.717) is 16.8 Å². The van der Waals surface area contributed by atoms with Gasteiger partial charge in [-0.25, -0.2) is 8.42 Å². The molecule has 0 heterocycles. The van der Waals surface area contributed by atoms with Crippen LogP contribution < -0.4 is 9.62 Å². The van der Waals surface area contributed by atoms with Gasteiger partial charge in [0.15, 0.2) is 0 Å². The number of anilines is 2. The van der Waals surface area contributed by atoms with Crippen molar-refractivity contribution in [1.82, 2.24) is 0 Å². The lowest BCUT2D eigenvalue weighted by Gasteiger charge is -2.22. The first kappa shape index (κ1) is 21.0. The third kappa shape index (κ3) is 4.46. The molecule has 3 rings (SSSR count). The second kappa shape index (κ2) is 8.71. The highest BCUT2D eigenvalue weighted by Gasteiger charge is 2.22. The van der Waals surface area contributed by atoms with Crippen molar-refractivity contribution in [2.45, 2.75) is 16.7 Å². The first-order valence-corrected chi connectivity index (χ1v) is 11.6. The highest BCUT2D eigenvalue weighted by molar-refractivity contribution is 7.98. The second-order valence-electron chi connectivity index (χ2n) is 6.44. The van der Waals surface area contributed by atoms with Gasteiger partial charge in [-0.1, -0.05) is 30.3 Å². The molecule has 3 aromatic rings. The van der Waals surface area contributed by atoms with Gasteiger partial charge in [-0.3, -0.25) is 9.10 Å². The smallest absolute Gasteiger partial charge is 0.264 e. The summed E-state index contributed by atoms with van der Waals surface area (Å²) in [6.45, 7) is 1.79. The summed E-state index contributed by atoms with van der Waals surface area (Å²) in [5.41, 5.74) is 2.43. The van der Waals surface area contributed by atoms with Crippen molar-refractivity contribution >= 4 is 39.1 Å². The van der Waals surface area contributed by atoms with E-state index in [4.69, 9.17) is 0 Å². The fourth-order valence-corrected chi connectivity index (χ4v) is 4.81. The van der Waals surface area contributed by atoms with Gasteiger partial charge < -0.3 is 5.32 Å². The summed E-state index contributed by atoms with van der Waals surface area (Å²) in [7, 11) is -2.16. The zero-order valence-electron chi connectivity index (χ0n) is 16.4. The fourth-order valence-electron chi connectivity index (χ4n) is 2.97. The normalized spacial score (nSPS) is 11.1. The predicted molar refractivity (Wildman–Crippen MR) is 119 cm³/mol. The van der Waals surface area contributed by atoms with E-state index in [1.54, 1.807) is 67.2 Å². The van der Waals surface area contributed by atoms with Gasteiger partial charge in [0, 0.05) is 17.5 Å². The van der Waals surface area contributed by atoms with Gasteiger partial charge in [-0.05, 0) is 61.2 Å². The molecule has 0 aromatic heterocycles. The first-order valence-electron chi connectivity index (χ1n) is 8.93. The van der Waals surface area contributed by atoms with Crippen LogP contribution in [-0.2, 0) is 10.0 Å². The Morgan fingerprint density at radius 1 is 0.966 bits per heavy atom. The Morgan fingerprint density at radius 3 is 2.28 bits per heavy atom. The molecular weight excluding hydrogens is 404 g/mol. The number of amides is 1. The third-order valence-corrected chi connectivity index (χ3v) is 7.14. The molecule has 0 saturated heterocycles. The Kier molecular flexibility index (Phi) is 6.30. The number of hydrogen-bond acceptors (Lipinski definition) is 4. The van der Waals surface area contributed by atoms with Crippen molar-refractivity contribution in [2.75, 3.05) is 22.9 Å². The lowest BCUT2D eigenvalue weighted by molar-refractivity contribution is 0.102. The maximum atomic E-state index is 12.9. The topological polar surface area (TPSA) is 66.5 Å². The van der Waals surface area contributed by atoms with Crippen molar-refractivity contribution in [1.29, 1.82) is 0 Å². The van der Waals surface area contributed by atoms with E-state index < -0.39 is 10.0 Å². The Hall–Kier alpha value is -2.77. The van der Waals surface area contributed by atoms with E-state index in [2.05, 4.69) is 5.32 Å². The van der Waals surface area contributed by atoms with Crippen molar-refractivity contribution < 1.29 is 13.2 Å². The Morgan fingerprint density at radius 2 is 1.62 bits per heavy atom. The monoisotopic (exact) mass is 426 g/mol. The van der Waals surface area contributed by atoms with Crippen LogP contribution in [0.5, 0.6) is 0 Å². The average molecular weight is 427 g/mol. The number of sulfonamides is 1. The molecule has 1 N–H and O–H groups in total. The van der Waals surface area contributed by atoms with Gasteiger partial charge in [0.25, 0.3) is 15.9 Å². The summed E-state index contributed by atoms with van der Waals surface area (Å²) in [4.78, 5) is 13.9. The highest BCUT2D eigenvalue weighted by Crippen LogP contribution is 2.28. The zero-order chi connectivity index (χ0) is 21.0. The van der Waals surface area contributed by atoms with Crippen LogP contribution in [0.2, 0.25) is 0 Å². The van der Waals surface area contributed by atoms with E-state index in [1.165, 1.54) is 11.4 Å². The first-order chi connectivity index (χ1) is 13.8. The van der Waals surface area contributed by atoms with Crippen LogP contribution in [0, 0.1) is 6.92 Å². The van der Waals surface area contributed by atoms with Crippen LogP contribution in [0.25, 0.3) is 0 Å². The molecular formula is C22H22N2O3S2. The maximum absolute atomic E-state index is 12.9. The van der Waals surface area contributed by atoms with Gasteiger partial charge in [0.1, 0.15) is 0 Å². The fraction of sp³-hybridized carbons (Fsp3) is 0.136. The molecule has 0 saturated carbocycles. The van der Waals surface area contributed by atoms with Gasteiger partial charge in [-0.2, -0.15) is 0 Å². The SMILES string of the molecule is CSc1ccccc1NC(=O)c1ccc(N(C)S(=O)(=O)c2ccccc2)c(C)c1. The largest absolute Gasteiger partial charge is 0.321 e. The number of nitrogens with one attached hydrogen (secondary N) is 1. The molecule has 0 bridgehead atoms. The lowest BCUT2D eigenvalue weighted by Crippen LogP contribution is -2.27. The molecule has 0 atom stereocenters. The summed E-state index contributed by atoms with van der Waals surface area (Å²) in [6.07, 6.45) is 1.95. The van der Waals surface area contributed by atoms with E-state index in [1.807, 2.05) is 30.5 Å². The number of thioether (sulfide) groups is 1. The van der Waals surface area contributed by atoms with Gasteiger partial charge >= 0.3 is 0 Å². The molecule has 3 aromatic carbocycles. The van der Waals surface area contributed by atoms with E-state index in [9.17, 15) is 13.2 Å². The quantitative estimate of drug-likeness (QED) is 0.575. The van der Waals surface area contributed by atoms with Gasteiger partial charge in [-0.15, -0.1) is 11.8 Å². The molecule has 7 heteroatoms. The minimum absolute atomic E-state index is 0.220. The lowest BCUT2D eigenvalue weighted by atomic mass is 10.1. The van der Waals surface area contributed by atoms with E-state index in [0.717, 1.165) is 10.6 Å². The Labute approximate surface area is 175 Å². The summed E-state index contributed by atoms with van der Waals surface area (Å²) in [5, 5.41) is 2.92. The minimum atomic E-state index is -3.68. The molecule has 0 aliphatic carbocycles. The van der Waals surface area contributed by atoms with E-state index >= 15 is 0 Å². The van der Waals surface area contributed by atoms with Crippen LogP contribution in [0.15, 0.2) is 82.6 Å². The Bertz CT molecular complexity index is 1130. The van der Waals surface area contributed by atoms with E-state index in [-0.39, 0.29) is 10.8 Å². The summed E-state index contributed by atoms with van der Waals surface area (Å²) >= 11 is 1.55. The van der Waals surface area contributed by atoms with Crippen molar-refractivity contribution in [3.8, 4) is 0 Å². The van der Waals surface area contributed by atoms with Crippen LogP contribution in [-0.4, -0.2) is 27.6 Å². The number of aryl methyl sites for hydroxylation is 1. The number of hydrogen-bond donors (Lipinski definition) is 1. The van der Waals surface area contributed by atoms with Gasteiger partial charge in [0.2, 0.25) is 0 Å². The van der Waals surface area contributed by atoms with Crippen LogP contribution in [0.3, 0.4) is 0 Å². The molecule has 0 aliphatic heterocycles. The molecule has 0 aliphatic rings. The number of nitrogens with zero attached hydrogens (tertiary/aromatic N) is 1. The standard InChI is InChI=1S/C22H22N2O3S2/c1-16-15-17(22(25)23-19-11-7-8-12-21(19)28-3)13-14-20(16)24(2)29(26,27)18-9-5-4-6-10-18/h4-15H,1-3H3,(H,23,25). The van der Waals surface area contributed by atoms with Crippen molar-refractivity contribution in [3.63, 3.8) is 0 Å². The second-order valence-corrected chi connectivity index (χ2v) is 9.26. The number of carbonyl (C=O) groups excluding carboxylic acids is 1.